The first-order valence-electron chi connectivity index (χ1n) is 8.12. The lowest BCUT2D eigenvalue weighted by atomic mass is 9.52. The van der Waals surface area contributed by atoms with E-state index in [1.807, 2.05) is 0 Å². The van der Waals surface area contributed by atoms with E-state index in [1.54, 1.807) is 18.2 Å². The number of hydrogen-bond acceptors (Lipinski definition) is 2. The van der Waals surface area contributed by atoms with E-state index in [2.05, 4.69) is 30.1 Å². The van der Waals surface area contributed by atoms with E-state index in [0.29, 0.717) is 5.41 Å². The third-order valence-electron chi connectivity index (χ3n) is 6.32. The molecule has 3 atom stereocenters. The largest absolute Gasteiger partial charge is 0.497 e. The molecule has 108 valence electrons. The van der Waals surface area contributed by atoms with E-state index in [-0.39, 0.29) is 0 Å². The van der Waals surface area contributed by atoms with Crippen molar-refractivity contribution < 1.29 is 4.74 Å². The highest BCUT2D eigenvalue weighted by Crippen LogP contribution is 2.55. The molecule has 1 saturated carbocycles. The van der Waals surface area contributed by atoms with Crippen LogP contribution in [0.1, 0.15) is 43.2 Å². The van der Waals surface area contributed by atoms with Gasteiger partial charge in [0.2, 0.25) is 0 Å². The van der Waals surface area contributed by atoms with E-state index < -0.39 is 0 Å². The van der Waals surface area contributed by atoms with Crippen molar-refractivity contribution in [2.75, 3.05) is 20.7 Å². The van der Waals surface area contributed by atoms with Crippen molar-refractivity contribution in [3.8, 4) is 5.75 Å². The minimum Gasteiger partial charge on any atom is -0.497 e. The third kappa shape index (κ3) is 1.60. The Morgan fingerprint density at radius 2 is 2.15 bits per heavy atom. The summed E-state index contributed by atoms with van der Waals surface area (Å²) in [6.45, 7) is 1.26. The average Bonchev–Trinajstić information content (AvgIpc) is 2.50. The Balaban J connectivity index is 1.88. The molecule has 1 aromatic rings. The van der Waals surface area contributed by atoms with Gasteiger partial charge >= 0.3 is 0 Å². The van der Waals surface area contributed by atoms with Crippen molar-refractivity contribution in [2.45, 2.75) is 50.0 Å². The molecule has 0 N–H and O–H groups in total. The molecule has 2 nitrogen and oxygen atoms in total. The van der Waals surface area contributed by atoms with Crippen molar-refractivity contribution in [1.29, 1.82) is 0 Å². The van der Waals surface area contributed by atoms with Crippen molar-refractivity contribution in [3.05, 3.63) is 29.3 Å². The van der Waals surface area contributed by atoms with Crippen LogP contribution in [0.3, 0.4) is 0 Å². The lowest BCUT2D eigenvalue weighted by molar-refractivity contribution is 0.00274. The molecule has 20 heavy (non-hydrogen) atoms. The molecule has 1 unspecified atom stereocenters. The summed E-state index contributed by atoms with van der Waals surface area (Å²) in [7, 11) is 4.12. The standard InChI is InChI=1S/C18H25NO/c1-19-10-9-18-8-4-3-5-15(18)17(19)11-13-6-7-14(20-2)12-16(13)18/h6-7,12,15,17H,3-5,8-11H2,1-2H3/t15?,17-,18+/m0/s1. The predicted molar refractivity (Wildman–Crippen MR) is 81.4 cm³/mol. The zero-order valence-electron chi connectivity index (χ0n) is 12.7. The Labute approximate surface area is 122 Å². The number of likely N-dealkylation sites (tertiary alicyclic amines) is 1. The normalized spacial score (nSPS) is 36.1. The van der Waals surface area contributed by atoms with Crippen LogP contribution in [0.2, 0.25) is 0 Å². The second kappa shape index (κ2) is 4.49. The van der Waals surface area contributed by atoms with E-state index >= 15 is 0 Å². The highest BCUT2D eigenvalue weighted by Gasteiger charge is 2.53. The molecule has 1 aliphatic heterocycles. The average molecular weight is 271 g/mol. The molecule has 0 spiro atoms. The van der Waals surface area contributed by atoms with Crippen LogP contribution in [-0.4, -0.2) is 31.6 Å². The summed E-state index contributed by atoms with van der Waals surface area (Å²) in [5.74, 6) is 1.91. The summed E-state index contributed by atoms with van der Waals surface area (Å²) in [5.41, 5.74) is 3.67. The Morgan fingerprint density at radius 3 is 3.00 bits per heavy atom. The number of piperidine rings is 1. The molecule has 2 bridgehead atoms. The number of hydrogen-bond donors (Lipinski definition) is 0. The first-order chi connectivity index (χ1) is 9.74. The quantitative estimate of drug-likeness (QED) is 0.776. The van der Waals surface area contributed by atoms with Crippen LogP contribution >= 0.6 is 0 Å². The van der Waals surface area contributed by atoms with Gasteiger partial charge in [0, 0.05) is 11.5 Å². The lowest BCUT2D eigenvalue weighted by Gasteiger charge is -2.58. The number of methoxy groups -OCH3 is 1. The number of rotatable bonds is 1. The van der Waals surface area contributed by atoms with Crippen LogP contribution in [0, 0.1) is 5.92 Å². The molecule has 0 amide bonds. The molecule has 1 saturated heterocycles. The number of ether oxygens (including phenoxy) is 1. The summed E-state index contributed by atoms with van der Waals surface area (Å²) in [6, 6.07) is 7.60. The molecular formula is C18H25NO. The summed E-state index contributed by atoms with van der Waals surface area (Å²) >= 11 is 0. The van der Waals surface area contributed by atoms with Gasteiger partial charge in [-0.05, 0) is 68.5 Å². The fraction of sp³-hybridized carbons (Fsp3) is 0.667. The Morgan fingerprint density at radius 1 is 1.25 bits per heavy atom. The van der Waals surface area contributed by atoms with E-state index in [9.17, 15) is 0 Å². The van der Waals surface area contributed by atoms with Gasteiger partial charge in [0.05, 0.1) is 7.11 Å². The zero-order chi connectivity index (χ0) is 13.7. The van der Waals surface area contributed by atoms with Gasteiger partial charge in [0.1, 0.15) is 5.75 Å². The van der Waals surface area contributed by atoms with Gasteiger partial charge < -0.3 is 9.64 Å². The van der Waals surface area contributed by atoms with Gasteiger partial charge in [-0.2, -0.15) is 0 Å². The maximum atomic E-state index is 5.51. The van der Waals surface area contributed by atoms with Crippen molar-refractivity contribution >= 4 is 0 Å². The van der Waals surface area contributed by atoms with E-state index in [1.165, 1.54) is 45.1 Å². The third-order valence-corrected chi connectivity index (χ3v) is 6.32. The molecule has 0 aromatic heterocycles. The number of fused-ring (bicyclic) bond motifs is 1. The minimum absolute atomic E-state index is 0.456. The second-order valence-electron chi connectivity index (χ2n) is 7.03. The number of nitrogens with zero attached hydrogens (tertiary/aromatic N) is 1. The van der Waals surface area contributed by atoms with Crippen LogP contribution in [-0.2, 0) is 11.8 Å². The van der Waals surface area contributed by atoms with Gasteiger partial charge in [-0.3, -0.25) is 0 Å². The van der Waals surface area contributed by atoms with Crippen LogP contribution in [0.15, 0.2) is 18.2 Å². The molecular weight excluding hydrogens is 246 g/mol. The van der Waals surface area contributed by atoms with Crippen LogP contribution < -0.4 is 4.74 Å². The molecule has 1 heterocycles. The maximum absolute atomic E-state index is 5.51. The van der Waals surface area contributed by atoms with Gasteiger partial charge in [-0.15, -0.1) is 0 Å². The second-order valence-corrected chi connectivity index (χ2v) is 7.03. The Bertz CT molecular complexity index is 526. The smallest absolute Gasteiger partial charge is 0.119 e. The zero-order valence-corrected chi connectivity index (χ0v) is 12.7. The summed E-state index contributed by atoms with van der Waals surface area (Å²) in [6.07, 6.45) is 8.22. The fourth-order valence-corrected chi connectivity index (χ4v) is 5.30. The van der Waals surface area contributed by atoms with Crippen LogP contribution in [0.25, 0.3) is 0 Å². The molecule has 3 aliphatic rings. The lowest BCUT2D eigenvalue weighted by Crippen LogP contribution is -2.59. The van der Waals surface area contributed by atoms with Gasteiger partial charge in [0.25, 0.3) is 0 Å². The number of likely N-dealkylation sites (N-methyl/N-ethyl adjacent to an activating group) is 1. The van der Waals surface area contributed by atoms with Gasteiger partial charge in [0.15, 0.2) is 0 Å². The Hall–Kier alpha value is -1.02. The molecule has 2 heteroatoms. The van der Waals surface area contributed by atoms with Crippen LogP contribution in [0.5, 0.6) is 5.75 Å². The summed E-state index contributed by atoms with van der Waals surface area (Å²) in [4.78, 5) is 2.63. The van der Waals surface area contributed by atoms with E-state index in [4.69, 9.17) is 4.74 Å². The summed E-state index contributed by atoms with van der Waals surface area (Å²) in [5, 5.41) is 0. The fourth-order valence-electron chi connectivity index (χ4n) is 5.30. The molecule has 0 radical (unpaired) electrons. The Kier molecular flexibility index (Phi) is 2.85. The molecule has 2 fully saturated rings. The predicted octanol–water partition coefficient (Wildman–Crippen LogP) is 3.38. The van der Waals surface area contributed by atoms with Crippen molar-refractivity contribution in [1.82, 2.24) is 4.90 Å². The SMILES string of the molecule is COc1ccc2c(c1)[C@@]13CCCCC1[C@H](C2)N(C)CC3. The maximum Gasteiger partial charge on any atom is 0.119 e. The van der Waals surface area contributed by atoms with Crippen LogP contribution in [0.4, 0.5) is 0 Å². The first kappa shape index (κ1) is 12.7. The van der Waals surface area contributed by atoms with Gasteiger partial charge in [-0.25, -0.2) is 0 Å². The first-order valence-corrected chi connectivity index (χ1v) is 8.12. The highest BCUT2D eigenvalue weighted by molar-refractivity contribution is 5.45. The van der Waals surface area contributed by atoms with E-state index in [0.717, 1.165) is 17.7 Å². The molecule has 2 aliphatic carbocycles. The molecule has 4 rings (SSSR count). The minimum atomic E-state index is 0.456. The topological polar surface area (TPSA) is 12.5 Å². The van der Waals surface area contributed by atoms with Gasteiger partial charge in [-0.1, -0.05) is 18.9 Å². The van der Waals surface area contributed by atoms with Crippen molar-refractivity contribution in [2.24, 2.45) is 5.92 Å². The number of benzene rings is 1. The molecule has 1 aromatic carbocycles. The van der Waals surface area contributed by atoms with Crippen molar-refractivity contribution in [3.63, 3.8) is 0 Å². The monoisotopic (exact) mass is 271 g/mol. The highest BCUT2D eigenvalue weighted by atomic mass is 16.5. The summed E-state index contributed by atoms with van der Waals surface area (Å²) < 4.78 is 5.51.